The smallest absolute Gasteiger partial charge is 0.404 e. The van der Waals surface area contributed by atoms with Crippen LogP contribution in [0.1, 0.15) is 25.0 Å². The average molecular weight is 435 g/mol. The summed E-state index contributed by atoms with van der Waals surface area (Å²) in [6.45, 7) is 2.55. The van der Waals surface area contributed by atoms with Crippen LogP contribution in [-0.2, 0) is 11.2 Å². The van der Waals surface area contributed by atoms with E-state index in [1.165, 1.54) is 0 Å². The Hall–Kier alpha value is -2.58. The van der Waals surface area contributed by atoms with Gasteiger partial charge in [-0.15, -0.1) is 0 Å². The third kappa shape index (κ3) is 6.21. The number of carbonyl (C=O) groups excluding carboxylic acids is 1. The lowest BCUT2D eigenvalue weighted by molar-refractivity contribution is -0.121. The average Bonchev–Trinajstić information content (AvgIpc) is 3.21. The molecule has 2 heterocycles. The first-order valence-corrected chi connectivity index (χ1v) is 10.5. The number of hydrogen-bond acceptors (Lipinski definition) is 5. The van der Waals surface area contributed by atoms with Crippen molar-refractivity contribution in [2.75, 3.05) is 26.7 Å². The second-order valence-electron chi connectivity index (χ2n) is 7.55. The molecule has 162 valence electrons. The van der Waals surface area contributed by atoms with Crippen molar-refractivity contribution in [2.24, 2.45) is 5.92 Å². The number of piperidine rings is 1. The first-order chi connectivity index (χ1) is 14.4. The molecule has 0 radical (unpaired) electrons. The number of amides is 2. The molecule has 3 rings (SSSR count). The summed E-state index contributed by atoms with van der Waals surface area (Å²) in [6, 6.07) is 9.06. The van der Waals surface area contributed by atoms with Gasteiger partial charge in [0.15, 0.2) is 0 Å². The van der Waals surface area contributed by atoms with Crippen molar-refractivity contribution in [1.82, 2.24) is 20.7 Å². The Kier molecular flexibility index (Phi) is 7.70. The monoisotopic (exact) mass is 434 g/mol. The van der Waals surface area contributed by atoms with Crippen molar-refractivity contribution in [3.63, 3.8) is 0 Å². The van der Waals surface area contributed by atoms with Crippen molar-refractivity contribution in [3.05, 3.63) is 41.1 Å². The Morgan fingerprint density at radius 1 is 1.30 bits per heavy atom. The zero-order chi connectivity index (χ0) is 21.5. The van der Waals surface area contributed by atoms with Gasteiger partial charge in [-0.25, -0.2) is 4.79 Å². The summed E-state index contributed by atoms with van der Waals surface area (Å²) in [7, 11) is 1.56. The van der Waals surface area contributed by atoms with Gasteiger partial charge in [0.2, 0.25) is 5.91 Å². The fourth-order valence-corrected chi connectivity index (χ4v) is 3.96. The Balaban J connectivity index is 1.48. The topological polar surface area (TPSA) is 108 Å². The molecule has 1 unspecified atom stereocenters. The number of likely N-dealkylation sites (tertiary alicyclic amines) is 1. The van der Waals surface area contributed by atoms with E-state index in [1.54, 1.807) is 7.05 Å². The van der Waals surface area contributed by atoms with Gasteiger partial charge in [0.25, 0.3) is 0 Å². The second kappa shape index (κ2) is 10.4. The number of hydrogen-bond donors (Lipinski definition) is 3. The summed E-state index contributed by atoms with van der Waals surface area (Å²) >= 11 is 5.92. The largest absolute Gasteiger partial charge is 0.465 e. The third-order valence-corrected chi connectivity index (χ3v) is 5.82. The van der Waals surface area contributed by atoms with Gasteiger partial charge in [0.05, 0.1) is 0 Å². The molecule has 1 aromatic carbocycles. The molecule has 2 amide bonds. The predicted molar refractivity (Wildman–Crippen MR) is 113 cm³/mol. The fourth-order valence-electron chi connectivity index (χ4n) is 3.83. The minimum atomic E-state index is -1.09. The maximum Gasteiger partial charge on any atom is 0.404 e. The summed E-state index contributed by atoms with van der Waals surface area (Å²) in [6.07, 6.45) is 1.51. The van der Waals surface area contributed by atoms with Gasteiger partial charge in [-0.1, -0.05) is 28.9 Å². The van der Waals surface area contributed by atoms with Crippen LogP contribution in [0.5, 0.6) is 0 Å². The van der Waals surface area contributed by atoms with E-state index in [0.29, 0.717) is 5.02 Å². The summed E-state index contributed by atoms with van der Waals surface area (Å²) in [5, 5.41) is 19.0. The number of carboxylic acid groups (broad SMARTS) is 1. The molecule has 1 aliphatic rings. The van der Waals surface area contributed by atoms with Crippen molar-refractivity contribution in [1.29, 1.82) is 0 Å². The summed E-state index contributed by atoms with van der Waals surface area (Å²) < 4.78 is 5.47. The van der Waals surface area contributed by atoms with Crippen LogP contribution in [0.25, 0.3) is 11.3 Å². The molecule has 2 aromatic rings. The van der Waals surface area contributed by atoms with Gasteiger partial charge in [-0.2, -0.15) is 0 Å². The molecule has 30 heavy (non-hydrogen) atoms. The molecule has 0 aliphatic carbocycles. The van der Waals surface area contributed by atoms with Gasteiger partial charge >= 0.3 is 6.09 Å². The number of aromatic nitrogens is 1. The molecule has 0 spiro atoms. The Labute approximate surface area is 180 Å². The molecule has 9 heteroatoms. The molecule has 1 fully saturated rings. The molecule has 1 saturated heterocycles. The van der Waals surface area contributed by atoms with Crippen molar-refractivity contribution in [3.8, 4) is 11.3 Å². The van der Waals surface area contributed by atoms with E-state index >= 15 is 0 Å². The number of benzene rings is 1. The van der Waals surface area contributed by atoms with Crippen LogP contribution in [0.15, 0.2) is 34.9 Å². The van der Waals surface area contributed by atoms with E-state index in [0.717, 1.165) is 55.9 Å². The zero-order valence-corrected chi connectivity index (χ0v) is 17.7. The van der Waals surface area contributed by atoms with E-state index < -0.39 is 6.09 Å². The maximum absolute atomic E-state index is 11.7. The minimum absolute atomic E-state index is 0.149. The molecular formula is C21H27ClN4O4. The Bertz CT molecular complexity index is 847. The van der Waals surface area contributed by atoms with Gasteiger partial charge in [-0.3, -0.25) is 4.79 Å². The molecule has 8 nitrogen and oxygen atoms in total. The highest BCUT2D eigenvalue weighted by molar-refractivity contribution is 6.30. The standard InChI is InChI=1S/C21H27ClN4O4/c1-23-20(27)13-18(24-21(28)29)15-6-9-26(10-7-15)11-8-17-12-19(25-30-17)14-2-4-16(22)5-3-14/h2-5,12,15,18,24H,6-11,13H2,1H3,(H,23,27)(H,28,29). The van der Waals surface area contributed by atoms with Crippen molar-refractivity contribution in [2.45, 2.75) is 31.7 Å². The van der Waals surface area contributed by atoms with E-state index in [1.807, 2.05) is 30.3 Å². The van der Waals surface area contributed by atoms with Crippen LogP contribution >= 0.6 is 11.6 Å². The van der Waals surface area contributed by atoms with Gasteiger partial charge in [-0.05, 0) is 44.0 Å². The summed E-state index contributed by atoms with van der Waals surface area (Å²) in [5.41, 5.74) is 1.75. The van der Waals surface area contributed by atoms with Crippen molar-refractivity contribution < 1.29 is 19.2 Å². The van der Waals surface area contributed by atoms with Gasteiger partial charge < -0.3 is 25.2 Å². The van der Waals surface area contributed by atoms with Crippen LogP contribution in [0.2, 0.25) is 5.02 Å². The Morgan fingerprint density at radius 2 is 2.00 bits per heavy atom. The highest BCUT2D eigenvalue weighted by Gasteiger charge is 2.29. The first-order valence-electron chi connectivity index (χ1n) is 10.1. The lowest BCUT2D eigenvalue weighted by atomic mass is 9.87. The molecule has 0 saturated carbocycles. The lowest BCUT2D eigenvalue weighted by Crippen LogP contribution is -2.47. The number of rotatable bonds is 8. The highest BCUT2D eigenvalue weighted by Crippen LogP contribution is 2.24. The van der Waals surface area contributed by atoms with E-state index in [-0.39, 0.29) is 24.3 Å². The normalized spacial score (nSPS) is 16.2. The van der Waals surface area contributed by atoms with Crippen molar-refractivity contribution >= 4 is 23.6 Å². The van der Waals surface area contributed by atoms with Crippen LogP contribution in [0, 0.1) is 5.92 Å². The van der Waals surface area contributed by atoms with Crippen LogP contribution < -0.4 is 10.6 Å². The zero-order valence-electron chi connectivity index (χ0n) is 16.9. The quantitative estimate of drug-likeness (QED) is 0.589. The van der Waals surface area contributed by atoms with Crippen LogP contribution in [0.4, 0.5) is 4.79 Å². The second-order valence-corrected chi connectivity index (χ2v) is 7.98. The fraction of sp³-hybridized carbons (Fsp3) is 0.476. The Morgan fingerprint density at radius 3 is 2.63 bits per heavy atom. The molecule has 0 bridgehead atoms. The number of nitrogens with one attached hydrogen (secondary N) is 2. The van der Waals surface area contributed by atoms with Gasteiger partial charge in [0.1, 0.15) is 11.5 Å². The lowest BCUT2D eigenvalue weighted by Gasteiger charge is -2.35. The number of nitrogens with zero attached hydrogens (tertiary/aromatic N) is 2. The SMILES string of the molecule is CNC(=O)CC(NC(=O)O)C1CCN(CCc2cc(-c3ccc(Cl)cc3)no2)CC1. The van der Waals surface area contributed by atoms with Gasteiger partial charge in [0, 0.05) is 49.1 Å². The summed E-state index contributed by atoms with van der Waals surface area (Å²) in [5.74, 6) is 0.821. The molecule has 1 aromatic heterocycles. The predicted octanol–water partition coefficient (Wildman–Crippen LogP) is 3.02. The maximum atomic E-state index is 11.7. The van der Waals surface area contributed by atoms with E-state index in [2.05, 4.69) is 20.7 Å². The van der Waals surface area contributed by atoms with Crippen LogP contribution in [-0.4, -0.2) is 59.9 Å². The third-order valence-electron chi connectivity index (χ3n) is 5.57. The number of carbonyl (C=O) groups is 2. The minimum Gasteiger partial charge on any atom is -0.465 e. The molecule has 1 atom stereocenters. The number of halogens is 1. The van der Waals surface area contributed by atoms with E-state index in [9.17, 15) is 9.59 Å². The summed E-state index contributed by atoms with van der Waals surface area (Å²) in [4.78, 5) is 25.1. The van der Waals surface area contributed by atoms with Crippen LogP contribution in [0.3, 0.4) is 0 Å². The highest BCUT2D eigenvalue weighted by atomic mass is 35.5. The molecule has 3 N–H and O–H groups in total. The molecular weight excluding hydrogens is 408 g/mol. The first kappa shape index (κ1) is 22.1. The van der Waals surface area contributed by atoms with E-state index in [4.69, 9.17) is 21.2 Å². The molecule has 1 aliphatic heterocycles.